The number of allylic oxidation sites excluding steroid dienone is 3. The first-order chi connectivity index (χ1) is 13.1. The third-order valence-electron chi connectivity index (χ3n) is 8.27. The van der Waals surface area contributed by atoms with Crippen LogP contribution in [0.4, 0.5) is 0 Å². The fourth-order valence-electron chi connectivity index (χ4n) is 7.09. The van der Waals surface area contributed by atoms with Crippen LogP contribution in [0.1, 0.15) is 57.8 Å². The molecule has 0 bridgehead atoms. The number of carboxylic acid groups (broad SMARTS) is 1. The van der Waals surface area contributed by atoms with Gasteiger partial charge in [0.2, 0.25) is 0 Å². The summed E-state index contributed by atoms with van der Waals surface area (Å²) in [5.41, 5.74) is 2.01. The molecule has 0 spiro atoms. The maximum Gasteiger partial charge on any atom is 0.0674 e. The molecule has 7 atom stereocenters. The highest BCUT2D eigenvalue weighted by Crippen LogP contribution is 2.57. The SMILES string of the molecule is CNC1=CCC2C(C1)C[C@@H]1C[C@H](NC)CCC1[C@@H]2C1CCCC=C1C(=O)[O-]. The Morgan fingerprint density at radius 2 is 1.93 bits per heavy atom. The van der Waals surface area contributed by atoms with E-state index in [0.717, 1.165) is 38.0 Å². The maximum atomic E-state index is 11.9. The second-order valence-electron chi connectivity index (χ2n) is 9.36. The Labute approximate surface area is 163 Å². The van der Waals surface area contributed by atoms with E-state index in [1.165, 1.54) is 31.4 Å². The van der Waals surface area contributed by atoms with Crippen LogP contribution in [0.25, 0.3) is 0 Å². The molecule has 2 N–H and O–H groups in total. The molecule has 2 saturated carbocycles. The number of fused-ring (bicyclic) bond motifs is 2. The van der Waals surface area contributed by atoms with Gasteiger partial charge < -0.3 is 20.5 Å². The second kappa shape index (κ2) is 7.98. The van der Waals surface area contributed by atoms with Crippen LogP contribution >= 0.6 is 0 Å². The number of hydrogen-bond donors (Lipinski definition) is 2. The first-order valence-corrected chi connectivity index (χ1v) is 11.1. The molecule has 0 amide bonds. The van der Waals surface area contributed by atoms with Crippen molar-refractivity contribution >= 4 is 5.97 Å². The smallest absolute Gasteiger partial charge is 0.0674 e. The molecule has 0 radical (unpaired) electrons. The minimum Gasteiger partial charge on any atom is -0.545 e. The summed E-state index contributed by atoms with van der Waals surface area (Å²) >= 11 is 0. The van der Waals surface area contributed by atoms with Crippen LogP contribution in [0.3, 0.4) is 0 Å². The van der Waals surface area contributed by atoms with Crippen molar-refractivity contribution in [2.45, 2.75) is 63.8 Å². The van der Waals surface area contributed by atoms with Crippen LogP contribution < -0.4 is 15.7 Å². The third kappa shape index (κ3) is 3.57. The highest BCUT2D eigenvalue weighted by molar-refractivity contribution is 5.85. The van der Waals surface area contributed by atoms with Gasteiger partial charge in [-0.2, -0.15) is 0 Å². The molecule has 4 aliphatic carbocycles. The van der Waals surface area contributed by atoms with E-state index in [4.69, 9.17) is 0 Å². The predicted molar refractivity (Wildman–Crippen MR) is 106 cm³/mol. The van der Waals surface area contributed by atoms with Gasteiger partial charge in [0.05, 0.1) is 5.97 Å². The lowest BCUT2D eigenvalue weighted by molar-refractivity contribution is -0.300. The van der Waals surface area contributed by atoms with Gasteiger partial charge in [-0.25, -0.2) is 0 Å². The largest absolute Gasteiger partial charge is 0.545 e. The molecule has 4 aliphatic rings. The average Bonchev–Trinajstić information content (AvgIpc) is 2.71. The van der Waals surface area contributed by atoms with Crippen LogP contribution in [-0.2, 0) is 4.79 Å². The van der Waals surface area contributed by atoms with Gasteiger partial charge in [0.25, 0.3) is 0 Å². The van der Waals surface area contributed by atoms with E-state index in [1.807, 2.05) is 13.1 Å². The summed E-state index contributed by atoms with van der Waals surface area (Å²) < 4.78 is 0. The van der Waals surface area contributed by atoms with Gasteiger partial charge in [0, 0.05) is 18.8 Å². The first-order valence-electron chi connectivity index (χ1n) is 11.1. The summed E-state index contributed by atoms with van der Waals surface area (Å²) in [6.45, 7) is 0. The van der Waals surface area contributed by atoms with E-state index in [-0.39, 0.29) is 5.92 Å². The zero-order chi connectivity index (χ0) is 19.0. The number of nitrogens with one attached hydrogen (secondary N) is 2. The summed E-state index contributed by atoms with van der Waals surface area (Å²) in [7, 11) is 4.12. The molecule has 0 aromatic heterocycles. The van der Waals surface area contributed by atoms with Gasteiger partial charge in [-0.15, -0.1) is 0 Å². The summed E-state index contributed by atoms with van der Waals surface area (Å²) in [6.07, 6.45) is 14.8. The Kier molecular flexibility index (Phi) is 5.63. The van der Waals surface area contributed by atoms with Crippen molar-refractivity contribution in [1.82, 2.24) is 10.6 Å². The Bertz CT molecular complexity index is 626. The summed E-state index contributed by atoms with van der Waals surface area (Å²) in [5, 5.41) is 18.8. The average molecular weight is 372 g/mol. The van der Waals surface area contributed by atoms with Crippen molar-refractivity contribution in [3.63, 3.8) is 0 Å². The van der Waals surface area contributed by atoms with Gasteiger partial charge in [-0.3, -0.25) is 0 Å². The van der Waals surface area contributed by atoms with E-state index in [9.17, 15) is 9.90 Å². The highest BCUT2D eigenvalue weighted by atomic mass is 16.4. The molecule has 0 aromatic carbocycles. The molecule has 0 aromatic rings. The lowest BCUT2D eigenvalue weighted by Gasteiger charge is -2.55. The molecule has 0 aliphatic heterocycles. The molecule has 0 heterocycles. The van der Waals surface area contributed by atoms with E-state index in [0.29, 0.717) is 35.3 Å². The normalized spacial score (nSPS) is 41.6. The van der Waals surface area contributed by atoms with E-state index in [2.05, 4.69) is 23.8 Å². The van der Waals surface area contributed by atoms with E-state index < -0.39 is 5.97 Å². The Hall–Kier alpha value is -1.29. The molecule has 4 rings (SSSR count). The van der Waals surface area contributed by atoms with Crippen LogP contribution in [0.15, 0.2) is 23.4 Å². The van der Waals surface area contributed by atoms with Crippen LogP contribution in [0.2, 0.25) is 0 Å². The van der Waals surface area contributed by atoms with Gasteiger partial charge in [-0.1, -0.05) is 12.2 Å². The molecule has 0 saturated heterocycles. The summed E-state index contributed by atoms with van der Waals surface area (Å²) in [5.74, 6) is 2.58. The number of carbonyl (C=O) groups is 1. The zero-order valence-electron chi connectivity index (χ0n) is 16.9. The number of rotatable bonds is 4. The van der Waals surface area contributed by atoms with Crippen molar-refractivity contribution in [2.75, 3.05) is 14.1 Å². The summed E-state index contributed by atoms with van der Waals surface area (Å²) in [6, 6.07) is 0.633. The van der Waals surface area contributed by atoms with E-state index in [1.54, 1.807) is 0 Å². The molecule has 150 valence electrons. The quantitative estimate of drug-likeness (QED) is 0.797. The van der Waals surface area contributed by atoms with Crippen LogP contribution in [0, 0.1) is 35.5 Å². The molecular formula is C23H35N2O2-. The summed E-state index contributed by atoms with van der Waals surface area (Å²) in [4.78, 5) is 11.9. The Morgan fingerprint density at radius 3 is 2.67 bits per heavy atom. The van der Waals surface area contributed by atoms with Crippen molar-refractivity contribution in [3.8, 4) is 0 Å². The molecular weight excluding hydrogens is 336 g/mol. The fraction of sp³-hybridized carbons (Fsp3) is 0.783. The van der Waals surface area contributed by atoms with Gasteiger partial charge in [-0.05, 0) is 106 Å². The van der Waals surface area contributed by atoms with Crippen molar-refractivity contribution in [1.29, 1.82) is 0 Å². The van der Waals surface area contributed by atoms with E-state index >= 15 is 0 Å². The highest BCUT2D eigenvalue weighted by Gasteiger charge is 2.50. The minimum absolute atomic E-state index is 0.208. The fourth-order valence-corrected chi connectivity index (χ4v) is 7.09. The molecule has 4 nitrogen and oxygen atoms in total. The molecule has 4 unspecified atom stereocenters. The monoisotopic (exact) mass is 371 g/mol. The number of carboxylic acids is 1. The number of aliphatic carboxylic acids is 1. The Morgan fingerprint density at radius 1 is 1.07 bits per heavy atom. The lowest BCUT2D eigenvalue weighted by atomic mass is 9.51. The van der Waals surface area contributed by atoms with Gasteiger partial charge in [0.15, 0.2) is 0 Å². The van der Waals surface area contributed by atoms with Gasteiger partial charge >= 0.3 is 0 Å². The topological polar surface area (TPSA) is 64.2 Å². The minimum atomic E-state index is -0.912. The lowest BCUT2D eigenvalue weighted by Crippen LogP contribution is -2.50. The first kappa shape index (κ1) is 19.0. The van der Waals surface area contributed by atoms with Crippen molar-refractivity contribution in [2.24, 2.45) is 35.5 Å². The van der Waals surface area contributed by atoms with Gasteiger partial charge in [0.1, 0.15) is 0 Å². The zero-order valence-corrected chi connectivity index (χ0v) is 16.9. The van der Waals surface area contributed by atoms with Crippen LogP contribution in [-0.4, -0.2) is 26.1 Å². The standard InChI is InChI=1S/C23H36N2O2/c1-24-16-7-9-18-14(12-16)11-15-13-17(25-2)8-10-19(15)22(18)20-5-3-4-6-21(20)23(26)27/h6-7,14-15,17-20,22,24-25H,3-5,8-13H2,1-2H3,(H,26,27)/p-1/t14?,15-,17-,18?,19?,20?,22-/m1/s1. The van der Waals surface area contributed by atoms with Crippen molar-refractivity contribution in [3.05, 3.63) is 23.4 Å². The molecule has 4 heteroatoms. The van der Waals surface area contributed by atoms with Crippen molar-refractivity contribution < 1.29 is 9.90 Å². The number of carbonyl (C=O) groups excluding carboxylic acids is 1. The molecule has 27 heavy (non-hydrogen) atoms. The Balaban J connectivity index is 1.67. The predicted octanol–water partition coefficient (Wildman–Crippen LogP) is 2.62. The second-order valence-corrected chi connectivity index (χ2v) is 9.36. The molecule has 2 fully saturated rings. The third-order valence-corrected chi connectivity index (χ3v) is 8.27. The van der Waals surface area contributed by atoms with Crippen LogP contribution in [0.5, 0.6) is 0 Å². The number of hydrogen-bond acceptors (Lipinski definition) is 4. The maximum absolute atomic E-state index is 11.9.